The van der Waals surface area contributed by atoms with Crippen LogP contribution in [-0.4, -0.2) is 30.4 Å². The Morgan fingerprint density at radius 1 is 1.03 bits per heavy atom. The van der Waals surface area contributed by atoms with Crippen LogP contribution in [0.15, 0.2) is 59.6 Å². The molecule has 30 heavy (non-hydrogen) atoms. The first-order valence-electron chi connectivity index (χ1n) is 9.28. The summed E-state index contributed by atoms with van der Waals surface area (Å²) in [5.41, 5.74) is 3.08. The average Bonchev–Trinajstić information content (AvgIpc) is 2.81. The van der Waals surface area contributed by atoms with E-state index in [4.69, 9.17) is 9.84 Å². The van der Waals surface area contributed by atoms with E-state index in [1.54, 1.807) is 31.3 Å². The van der Waals surface area contributed by atoms with Crippen LogP contribution >= 0.6 is 11.8 Å². The number of anilines is 1. The van der Waals surface area contributed by atoms with E-state index < -0.39 is 0 Å². The summed E-state index contributed by atoms with van der Waals surface area (Å²) in [4.78, 5) is 4.55. The Bertz CT molecular complexity index is 1090. The van der Waals surface area contributed by atoms with Gasteiger partial charge in [0, 0.05) is 18.4 Å². The van der Waals surface area contributed by atoms with Gasteiger partial charge in [-0.25, -0.2) is 4.98 Å². The number of hydrogen-bond acceptors (Lipinski definition) is 7. The number of hydrogen-bond donors (Lipinski definition) is 2. The molecule has 0 amide bonds. The van der Waals surface area contributed by atoms with Gasteiger partial charge in [0.2, 0.25) is 0 Å². The Morgan fingerprint density at radius 2 is 1.73 bits per heavy atom. The second kappa shape index (κ2) is 10.3. The SMILES string of the molecule is CNc1nc(SCc2ccccc2)c(C#N)c(-c2ccc(OCCO)cc2)c1C#N. The summed E-state index contributed by atoms with van der Waals surface area (Å²) in [5.74, 6) is 1.69. The maximum atomic E-state index is 9.93. The molecule has 0 saturated heterocycles. The molecule has 2 N–H and O–H groups in total. The molecule has 0 radical (unpaired) electrons. The average molecular weight is 417 g/mol. The molecular weight excluding hydrogens is 396 g/mol. The molecular formula is C23H20N4O2S. The van der Waals surface area contributed by atoms with Crippen LogP contribution in [0.3, 0.4) is 0 Å². The van der Waals surface area contributed by atoms with Gasteiger partial charge in [-0.1, -0.05) is 42.5 Å². The molecule has 0 bridgehead atoms. The molecule has 1 heterocycles. The van der Waals surface area contributed by atoms with E-state index >= 15 is 0 Å². The van der Waals surface area contributed by atoms with Crippen LogP contribution < -0.4 is 10.1 Å². The molecule has 150 valence electrons. The summed E-state index contributed by atoms with van der Waals surface area (Å²) in [6.07, 6.45) is 0. The second-order valence-corrected chi connectivity index (χ2v) is 7.20. The first-order chi connectivity index (χ1) is 14.7. The van der Waals surface area contributed by atoms with Crippen LogP contribution in [0.4, 0.5) is 5.82 Å². The highest BCUT2D eigenvalue weighted by atomic mass is 32.2. The number of rotatable bonds is 8. The van der Waals surface area contributed by atoms with Crippen LogP contribution in [0, 0.1) is 22.7 Å². The van der Waals surface area contributed by atoms with Gasteiger partial charge in [0.15, 0.2) is 0 Å². The van der Waals surface area contributed by atoms with Crippen molar-refractivity contribution in [3.63, 3.8) is 0 Å². The number of nitrogens with one attached hydrogen (secondary N) is 1. The number of thioether (sulfide) groups is 1. The molecule has 6 nitrogen and oxygen atoms in total. The summed E-state index contributed by atoms with van der Waals surface area (Å²) < 4.78 is 5.41. The highest BCUT2D eigenvalue weighted by Crippen LogP contribution is 2.37. The fourth-order valence-corrected chi connectivity index (χ4v) is 3.90. The van der Waals surface area contributed by atoms with Crippen molar-refractivity contribution in [3.8, 4) is 29.0 Å². The van der Waals surface area contributed by atoms with Crippen molar-refractivity contribution in [1.82, 2.24) is 4.98 Å². The van der Waals surface area contributed by atoms with Gasteiger partial charge in [0.05, 0.1) is 12.2 Å². The molecule has 2 aromatic carbocycles. The van der Waals surface area contributed by atoms with Crippen LogP contribution in [0.5, 0.6) is 5.75 Å². The second-order valence-electron chi connectivity index (χ2n) is 6.23. The van der Waals surface area contributed by atoms with E-state index in [1.807, 2.05) is 30.3 Å². The van der Waals surface area contributed by atoms with Crippen molar-refractivity contribution in [3.05, 3.63) is 71.3 Å². The third kappa shape index (κ3) is 4.72. The standard InChI is InChI=1S/C23H20N4O2S/c1-26-22-19(13-24)21(17-7-9-18(10-8-17)29-12-11-28)20(14-25)23(27-22)30-15-16-5-3-2-4-6-16/h2-10,28H,11-12,15H2,1H3,(H,26,27). The molecule has 3 rings (SSSR count). The number of aliphatic hydroxyl groups is 1. The van der Waals surface area contributed by atoms with Crippen LogP contribution in [0.2, 0.25) is 0 Å². The van der Waals surface area contributed by atoms with E-state index in [9.17, 15) is 10.5 Å². The molecule has 1 aromatic heterocycles. The lowest BCUT2D eigenvalue weighted by Gasteiger charge is -2.15. The molecule has 0 saturated carbocycles. The third-order valence-electron chi connectivity index (χ3n) is 4.35. The van der Waals surface area contributed by atoms with Gasteiger partial charge in [-0.2, -0.15) is 10.5 Å². The van der Waals surface area contributed by atoms with E-state index in [0.29, 0.717) is 39.0 Å². The molecule has 3 aromatic rings. The van der Waals surface area contributed by atoms with Crippen LogP contribution in [0.25, 0.3) is 11.1 Å². The van der Waals surface area contributed by atoms with Crippen molar-refractivity contribution in [2.75, 3.05) is 25.6 Å². The van der Waals surface area contributed by atoms with Gasteiger partial charge in [0.1, 0.15) is 40.9 Å². The Balaban J connectivity index is 2.06. The van der Waals surface area contributed by atoms with Crippen molar-refractivity contribution >= 4 is 17.6 Å². The largest absolute Gasteiger partial charge is 0.491 e. The Labute approximate surface area is 179 Å². The van der Waals surface area contributed by atoms with Crippen LogP contribution in [0.1, 0.15) is 16.7 Å². The van der Waals surface area contributed by atoms with Gasteiger partial charge in [0.25, 0.3) is 0 Å². The first kappa shape index (κ1) is 21.2. The summed E-state index contributed by atoms with van der Waals surface area (Å²) in [5, 5.41) is 32.2. The summed E-state index contributed by atoms with van der Waals surface area (Å²) in [7, 11) is 1.70. The smallest absolute Gasteiger partial charge is 0.145 e. The maximum absolute atomic E-state index is 9.93. The molecule has 0 spiro atoms. The number of aromatic nitrogens is 1. The zero-order valence-electron chi connectivity index (χ0n) is 16.4. The van der Waals surface area contributed by atoms with E-state index in [-0.39, 0.29) is 13.2 Å². The topological polar surface area (TPSA) is 102 Å². The first-order valence-corrected chi connectivity index (χ1v) is 10.3. The quantitative estimate of drug-likeness (QED) is 0.531. The minimum atomic E-state index is -0.0726. The van der Waals surface area contributed by atoms with Gasteiger partial charge in [-0.05, 0) is 23.3 Å². The minimum absolute atomic E-state index is 0.0726. The van der Waals surface area contributed by atoms with Crippen molar-refractivity contribution in [2.24, 2.45) is 0 Å². The maximum Gasteiger partial charge on any atom is 0.145 e. The Hall–Kier alpha value is -3.52. The van der Waals surface area contributed by atoms with Crippen molar-refractivity contribution in [2.45, 2.75) is 10.8 Å². The number of aliphatic hydroxyl groups excluding tert-OH is 1. The van der Waals surface area contributed by atoms with Gasteiger partial charge in [-0.3, -0.25) is 0 Å². The van der Waals surface area contributed by atoms with Gasteiger partial charge >= 0.3 is 0 Å². The lowest BCUT2D eigenvalue weighted by atomic mass is 9.96. The summed E-state index contributed by atoms with van der Waals surface area (Å²) >= 11 is 1.46. The monoisotopic (exact) mass is 416 g/mol. The zero-order chi connectivity index (χ0) is 21.3. The minimum Gasteiger partial charge on any atom is -0.491 e. The fourth-order valence-electron chi connectivity index (χ4n) is 2.96. The molecule has 0 unspecified atom stereocenters. The highest BCUT2D eigenvalue weighted by molar-refractivity contribution is 7.98. The normalized spacial score (nSPS) is 10.1. The van der Waals surface area contributed by atoms with E-state index in [0.717, 1.165) is 11.1 Å². The molecule has 0 aliphatic heterocycles. The fraction of sp³-hybridized carbons (Fsp3) is 0.174. The van der Waals surface area contributed by atoms with Gasteiger partial charge in [-0.15, -0.1) is 11.8 Å². The van der Waals surface area contributed by atoms with E-state index in [2.05, 4.69) is 22.4 Å². The van der Waals surface area contributed by atoms with E-state index in [1.165, 1.54) is 11.8 Å². The molecule has 0 aliphatic rings. The lowest BCUT2D eigenvalue weighted by Crippen LogP contribution is -2.04. The predicted molar refractivity (Wildman–Crippen MR) is 117 cm³/mol. The highest BCUT2D eigenvalue weighted by Gasteiger charge is 2.21. The molecule has 0 atom stereocenters. The number of pyridine rings is 1. The Kier molecular flexibility index (Phi) is 7.29. The predicted octanol–water partition coefficient (Wildman–Crippen LogP) is 4.20. The molecule has 0 fully saturated rings. The molecule has 7 heteroatoms. The van der Waals surface area contributed by atoms with Crippen LogP contribution in [-0.2, 0) is 5.75 Å². The van der Waals surface area contributed by atoms with Gasteiger partial charge < -0.3 is 15.2 Å². The number of nitrogens with zero attached hydrogens (tertiary/aromatic N) is 3. The van der Waals surface area contributed by atoms with Crippen molar-refractivity contribution in [1.29, 1.82) is 10.5 Å². The number of benzene rings is 2. The number of ether oxygens (including phenoxy) is 1. The summed E-state index contributed by atoms with van der Waals surface area (Å²) in [6.45, 7) is 0.127. The summed E-state index contributed by atoms with van der Waals surface area (Å²) in [6, 6.07) is 21.5. The zero-order valence-corrected chi connectivity index (χ0v) is 17.2. The lowest BCUT2D eigenvalue weighted by molar-refractivity contribution is 0.201. The van der Waals surface area contributed by atoms with Crippen molar-refractivity contribution < 1.29 is 9.84 Å². The molecule has 0 aliphatic carbocycles. The third-order valence-corrected chi connectivity index (χ3v) is 5.39. The Morgan fingerprint density at radius 3 is 2.33 bits per heavy atom. The number of nitriles is 2.